The van der Waals surface area contributed by atoms with Crippen molar-refractivity contribution in [1.29, 1.82) is 0 Å². The minimum absolute atomic E-state index is 0.0804. The van der Waals surface area contributed by atoms with Crippen molar-refractivity contribution in [1.82, 2.24) is 29.5 Å². The summed E-state index contributed by atoms with van der Waals surface area (Å²) in [7, 11) is 0. The number of anilines is 2. The highest BCUT2D eigenvalue weighted by atomic mass is 35.5. The van der Waals surface area contributed by atoms with Gasteiger partial charge in [-0.25, -0.2) is 14.5 Å². The first kappa shape index (κ1) is 25.3. The molecular weight excluding hydrogens is 525 g/mol. The van der Waals surface area contributed by atoms with Gasteiger partial charge in [-0.3, -0.25) is 4.79 Å². The lowest BCUT2D eigenvalue weighted by Gasteiger charge is -2.16. The van der Waals surface area contributed by atoms with Crippen molar-refractivity contribution in [2.75, 3.05) is 11.9 Å². The summed E-state index contributed by atoms with van der Waals surface area (Å²) >= 11 is 6.47. The predicted molar refractivity (Wildman–Crippen MR) is 135 cm³/mol. The number of nitrogens with zero attached hydrogens (tertiary/aromatic N) is 5. The molecule has 0 aliphatic rings. The van der Waals surface area contributed by atoms with Crippen molar-refractivity contribution in [2.45, 2.75) is 18.8 Å². The molecule has 4 aromatic heterocycles. The standard InChI is InChI=1S/C24H20ClF3N8O2/c25-17-11-14(1-4-19(17)38-16-3-2-15-5-7-33-36(15)12-16)34-22-20-18(31-13-32-22)6-9-35(20)10-8-30-23(37)21(29)24(26,27)28/h1-7,9,11-13,21H,8,10,29H2,(H,30,37)(H,31,32,34). The second-order valence-electron chi connectivity index (χ2n) is 8.21. The van der Waals surface area contributed by atoms with E-state index in [9.17, 15) is 18.0 Å². The molecule has 4 N–H and O–H groups in total. The molecule has 5 rings (SSSR count). The first-order valence-electron chi connectivity index (χ1n) is 11.3. The van der Waals surface area contributed by atoms with Crippen molar-refractivity contribution in [2.24, 2.45) is 5.73 Å². The smallest absolute Gasteiger partial charge is 0.412 e. The van der Waals surface area contributed by atoms with Gasteiger partial charge in [-0.2, -0.15) is 18.3 Å². The van der Waals surface area contributed by atoms with Gasteiger partial charge in [-0.1, -0.05) is 11.6 Å². The Balaban J connectivity index is 1.30. The van der Waals surface area contributed by atoms with Crippen LogP contribution in [0.15, 0.2) is 67.4 Å². The Labute approximate surface area is 218 Å². The summed E-state index contributed by atoms with van der Waals surface area (Å²) in [5.41, 5.74) is 7.67. The number of nitrogens with two attached hydrogens (primary N) is 1. The van der Waals surface area contributed by atoms with Gasteiger partial charge in [0.05, 0.1) is 22.3 Å². The van der Waals surface area contributed by atoms with E-state index in [1.54, 1.807) is 51.9 Å². The van der Waals surface area contributed by atoms with Crippen molar-refractivity contribution in [3.8, 4) is 11.5 Å². The average molecular weight is 545 g/mol. The number of halogens is 4. The Morgan fingerprint density at radius 1 is 1.16 bits per heavy atom. The van der Waals surface area contributed by atoms with E-state index in [4.69, 9.17) is 22.1 Å². The van der Waals surface area contributed by atoms with Crippen molar-refractivity contribution < 1.29 is 22.7 Å². The van der Waals surface area contributed by atoms with Gasteiger partial charge in [-0.15, -0.1) is 0 Å². The second-order valence-corrected chi connectivity index (χ2v) is 8.62. The highest BCUT2D eigenvalue weighted by molar-refractivity contribution is 6.32. The van der Waals surface area contributed by atoms with Crippen LogP contribution in [0.25, 0.3) is 16.6 Å². The molecule has 38 heavy (non-hydrogen) atoms. The van der Waals surface area contributed by atoms with Crippen LogP contribution in [0.5, 0.6) is 11.5 Å². The van der Waals surface area contributed by atoms with Gasteiger partial charge >= 0.3 is 6.18 Å². The molecule has 196 valence electrons. The lowest BCUT2D eigenvalue weighted by atomic mass is 10.3. The molecule has 0 saturated carbocycles. The molecule has 1 amide bonds. The molecule has 10 nitrogen and oxygen atoms in total. The number of benzene rings is 1. The van der Waals surface area contributed by atoms with E-state index in [0.717, 1.165) is 5.52 Å². The Kier molecular flexibility index (Phi) is 6.78. The van der Waals surface area contributed by atoms with Gasteiger partial charge in [0.25, 0.3) is 0 Å². The van der Waals surface area contributed by atoms with Gasteiger partial charge in [0.15, 0.2) is 11.9 Å². The largest absolute Gasteiger partial charge is 0.454 e. The molecule has 0 saturated heterocycles. The van der Waals surface area contributed by atoms with Crippen molar-refractivity contribution >= 4 is 45.6 Å². The fraction of sp³-hybridized carbons (Fsp3) is 0.167. The molecule has 1 atom stereocenters. The number of carbonyl (C=O) groups is 1. The summed E-state index contributed by atoms with van der Waals surface area (Å²) in [4.78, 5) is 20.2. The first-order valence-corrected chi connectivity index (χ1v) is 11.6. The maximum Gasteiger partial charge on any atom is 0.412 e. The van der Waals surface area contributed by atoms with Gasteiger partial charge in [0, 0.05) is 31.2 Å². The second kappa shape index (κ2) is 10.2. The zero-order valence-electron chi connectivity index (χ0n) is 19.5. The maximum absolute atomic E-state index is 12.6. The number of fused-ring (bicyclic) bond motifs is 2. The number of carbonyl (C=O) groups excluding carboxylic acids is 1. The molecule has 4 heterocycles. The van der Waals surface area contributed by atoms with Crippen molar-refractivity contribution in [3.05, 3.63) is 72.4 Å². The minimum atomic E-state index is -4.82. The first-order chi connectivity index (χ1) is 18.2. The third kappa shape index (κ3) is 5.33. The number of rotatable bonds is 8. The molecule has 0 radical (unpaired) electrons. The Bertz CT molecular complexity index is 1620. The summed E-state index contributed by atoms with van der Waals surface area (Å²) < 4.78 is 47.2. The van der Waals surface area contributed by atoms with Crippen LogP contribution in [0.2, 0.25) is 5.02 Å². The number of hydrogen-bond donors (Lipinski definition) is 3. The summed E-state index contributed by atoms with van der Waals surface area (Å²) in [6, 6.07) is 9.83. The normalized spacial score (nSPS) is 12.6. The van der Waals surface area contributed by atoms with Crippen LogP contribution in [0.4, 0.5) is 24.7 Å². The molecule has 0 fully saturated rings. The zero-order chi connectivity index (χ0) is 26.9. The number of pyridine rings is 1. The molecule has 0 spiro atoms. The van der Waals surface area contributed by atoms with E-state index < -0.39 is 18.1 Å². The molecular formula is C24H20ClF3N8O2. The fourth-order valence-electron chi connectivity index (χ4n) is 3.75. The molecule has 0 aliphatic carbocycles. The van der Waals surface area contributed by atoms with E-state index in [2.05, 4.69) is 25.7 Å². The monoisotopic (exact) mass is 544 g/mol. The highest BCUT2D eigenvalue weighted by Crippen LogP contribution is 2.33. The Morgan fingerprint density at radius 2 is 2.00 bits per heavy atom. The highest BCUT2D eigenvalue weighted by Gasteiger charge is 2.41. The lowest BCUT2D eigenvalue weighted by Crippen LogP contribution is -2.50. The number of alkyl halides is 3. The Morgan fingerprint density at radius 3 is 2.79 bits per heavy atom. The maximum atomic E-state index is 12.6. The van der Waals surface area contributed by atoms with Crippen LogP contribution in [-0.2, 0) is 11.3 Å². The summed E-state index contributed by atoms with van der Waals surface area (Å²) in [6.45, 7) is 0.0823. The lowest BCUT2D eigenvalue weighted by molar-refractivity contribution is -0.162. The number of amides is 1. The van der Waals surface area contributed by atoms with Gasteiger partial charge < -0.3 is 25.7 Å². The van der Waals surface area contributed by atoms with Crippen LogP contribution >= 0.6 is 11.6 Å². The SMILES string of the molecule is NC(C(=O)NCCn1ccc2ncnc(Nc3ccc(Oc4ccc5ccnn5c4)c(Cl)c3)c21)C(F)(F)F. The van der Waals surface area contributed by atoms with E-state index >= 15 is 0 Å². The van der Waals surface area contributed by atoms with Crippen LogP contribution in [0, 0.1) is 0 Å². The van der Waals surface area contributed by atoms with E-state index in [-0.39, 0.29) is 13.1 Å². The third-order valence-electron chi connectivity index (χ3n) is 5.63. The summed E-state index contributed by atoms with van der Waals surface area (Å²) in [5, 5.41) is 9.91. The summed E-state index contributed by atoms with van der Waals surface area (Å²) in [6.07, 6.45) is 1.68. The molecule has 1 aromatic carbocycles. The number of ether oxygens (including phenoxy) is 1. The van der Waals surface area contributed by atoms with E-state index in [0.29, 0.717) is 39.1 Å². The van der Waals surface area contributed by atoms with E-state index in [1.807, 2.05) is 18.2 Å². The van der Waals surface area contributed by atoms with E-state index in [1.165, 1.54) is 6.33 Å². The fourth-order valence-corrected chi connectivity index (χ4v) is 3.97. The summed E-state index contributed by atoms with van der Waals surface area (Å²) in [5.74, 6) is 0.132. The number of nitrogens with one attached hydrogen (secondary N) is 2. The van der Waals surface area contributed by atoms with Crippen LogP contribution < -0.4 is 21.1 Å². The van der Waals surface area contributed by atoms with Gasteiger partial charge in [0.2, 0.25) is 5.91 Å². The minimum Gasteiger partial charge on any atom is -0.454 e. The van der Waals surface area contributed by atoms with Crippen LogP contribution in [0.1, 0.15) is 0 Å². The molecule has 5 aromatic rings. The quantitative estimate of drug-likeness (QED) is 0.266. The average Bonchev–Trinajstić information content (AvgIpc) is 3.52. The molecule has 0 aliphatic heterocycles. The zero-order valence-corrected chi connectivity index (χ0v) is 20.2. The number of aromatic nitrogens is 5. The molecule has 14 heteroatoms. The predicted octanol–water partition coefficient (Wildman–Crippen LogP) is 4.27. The van der Waals surface area contributed by atoms with Crippen molar-refractivity contribution in [3.63, 3.8) is 0 Å². The van der Waals surface area contributed by atoms with Gasteiger partial charge in [-0.05, 0) is 42.5 Å². The number of hydrogen-bond acceptors (Lipinski definition) is 7. The molecule has 1 unspecified atom stereocenters. The van der Waals surface area contributed by atoms with Crippen LogP contribution in [-0.4, -0.2) is 48.8 Å². The molecule has 0 bridgehead atoms. The third-order valence-corrected chi connectivity index (χ3v) is 5.92. The Hall–Kier alpha value is -4.36. The topological polar surface area (TPSA) is 124 Å². The van der Waals surface area contributed by atoms with Gasteiger partial charge in [0.1, 0.15) is 23.3 Å². The van der Waals surface area contributed by atoms with Crippen LogP contribution in [0.3, 0.4) is 0 Å².